The molecule has 0 aliphatic heterocycles. The van der Waals surface area contributed by atoms with Gasteiger partial charge in [0.2, 0.25) is 0 Å². The molecule has 0 bridgehead atoms. The molecule has 0 amide bonds. The van der Waals surface area contributed by atoms with Crippen molar-refractivity contribution in [2.24, 2.45) is 5.10 Å². The van der Waals surface area contributed by atoms with Crippen LogP contribution >= 0.6 is 0 Å². The minimum absolute atomic E-state index is 0.222. The van der Waals surface area contributed by atoms with Crippen LogP contribution in [-0.4, -0.2) is 37.4 Å². The Morgan fingerprint density at radius 3 is 2.50 bits per heavy atom. The average molecular weight is 172 g/mol. The number of hydrazone groups is 1. The first-order valence-electron chi connectivity index (χ1n) is 3.93. The molecular weight excluding hydrogens is 156 g/mol. The van der Waals surface area contributed by atoms with E-state index in [2.05, 4.69) is 5.10 Å². The molecule has 4 nitrogen and oxygen atoms in total. The Morgan fingerprint density at radius 1 is 1.50 bits per heavy atom. The smallest absolute Gasteiger partial charge is 0.311 e. The molecule has 0 N–H and O–H groups in total. The lowest BCUT2D eigenvalue weighted by molar-refractivity contribution is -0.141. The van der Waals surface area contributed by atoms with Crippen LogP contribution in [0.1, 0.15) is 20.3 Å². The van der Waals surface area contributed by atoms with Crippen molar-refractivity contribution in [3.05, 3.63) is 0 Å². The fourth-order valence-electron chi connectivity index (χ4n) is 0.798. The maximum Gasteiger partial charge on any atom is 0.311 e. The van der Waals surface area contributed by atoms with Crippen LogP contribution in [-0.2, 0) is 9.53 Å². The van der Waals surface area contributed by atoms with Crippen molar-refractivity contribution >= 4 is 11.7 Å². The van der Waals surface area contributed by atoms with E-state index in [1.165, 1.54) is 0 Å². The highest BCUT2D eigenvalue weighted by molar-refractivity contribution is 5.97. The van der Waals surface area contributed by atoms with Crippen molar-refractivity contribution < 1.29 is 9.53 Å². The number of rotatable bonds is 4. The largest absolute Gasteiger partial charge is 0.466 e. The molecule has 70 valence electrons. The highest BCUT2D eigenvalue weighted by Crippen LogP contribution is 1.91. The van der Waals surface area contributed by atoms with Gasteiger partial charge in [-0.05, 0) is 13.8 Å². The minimum atomic E-state index is -0.222. The fourth-order valence-corrected chi connectivity index (χ4v) is 0.798. The third-order valence-electron chi connectivity index (χ3n) is 1.08. The molecule has 12 heavy (non-hydrogen) atoms. The van der Waals surface area contributed by atoms with E-state index < -0.39 is 0 Å². The molecular formula is C8H16N2O2. The molecule has 0 aliphatic rings. The van der Waals surface area contributed by atoms with Gasteiger partial charge >= 0.3 is 5.97 Å². The predicted molar refractivity (Wildman–Crippen MR) is 48.0 cm³/mol. The van der Waals surface area contributed by atoms with Gasteiger partial charge in [0.15, 0.2) is 0 Å². The first kappa shape index (κ1) is 10.9. The average Bonchev–Trinajstić information content (AvgIpc) is 1.84. The molecule has 0 aromatic heterocycles. The molecule has 0 aliphatic carbocycles. The second-order valence-electron chi connectivity index (χ2n) is 2.66. The zero-order valence-electron chi connectivity index (χ0n) is 8.13. The predicted octanol–water partition coefficient (Wildman–Crippen LogP) is 0.877. The van der Waals surface area contributed by atoms with Crippen molar-refractivity contribution in [3.63, 3.8) is 0 Å². The highest BCUT2D eigenvalue weighted by atomic mass is 16.5. The van der Waals surface area contributed by atoms with E-state index in [1.807, 2.05) is 14.1 Å². The molecule has 0 aromatic carbocycles. The van der Waals surface area contributed by atoms with E-state index in [9.17, 15) is 4.79 Å². The Hall–Kier alpha value is -1.06. The summed E-state index contributed by atoms with van der Waals surface area (Å²) in [6, 6.07) is 0. The summed E-state index contributed by atoms with van der Waals surface area (Å²) in [6.45, 7) is 4.02. The summed E-state index contributed by atoms with van der Waals surface area (Å²) in [5.41, 5.74) is 0.762. The number of carbonyl (C=O) groups is 1. The molecule has 0 heterocycles. The van der Waals surface area contributed by atoms with E-state index in [1.54, 1.807) is 18.9 Å². The first-order valence-corrected chi connectivity index (χ1v) is 3.93. The first-order chi connectivity index (χ1) is 5.56. The molecule has 0 saturated carbocycles. The molecule has 0 rings (SSSR count). The molecule has 0 unspecified atom stereocenters. The van der Waals surface area contributed by atoms with Crippen molar-refractivity contribution in [1.29, 1.82) is 0 Å². The molecule has 0 aromatic rings. The van der Waals surface area contributed by atoms with E-state index in [0.717, 1.165) is 5.71 Å². The third kappa shape index (κ3) is 5.70. The summed E-state index contributed by atoms with van der Waals surface area (Å²) in [6.07, 6.45) is 0.270. The SMILES string of the molecule is CCOC(=O)C/C(C)=N/N(C)C. The molecule has 0 radical (unpaired) electrons. The maximum absolute atomic E-state index is 10.9. The van der Waals surface area contributed by atoms with Gasteiger partial charge < -0.3 is 9.75 Å². The van der Waals surface area contributed by atoms with E-state index in [-0.39, 0.29) is 12.4 Å². The van der Waals surface area contributed by atoms with Crippen LogP contribution in [0.4, 0.5) is 0 Å². The second-order valence-corrected chi connectivity index (χ2v) is 2.66. The lowest BCUT2D eigenvalue weighted by Gasteiger charge is -2.06. The molecule has 4 heteroatoms. The van der Waals surface area contributed by atoms with E-state index in [0.29, 0.717) is 6.61 Å². The number of ether oxygens (including phenoxy) is 1. The van der Waals surface area contributed by atoms with Crippen LogP contribution < -0.4 is 0 Å². The van der Waals surface area contributed by atoms with Gasteiger partial charge in [-0.15, -0.1) is 0 Å². The van der Waals surface area contributed by atoms with Crippen molar-refractivity contribution in [2.75, 3.05) is 20.7 Å². The second kappa shape index (κ2) is 5.57. The quantitative estimate of drug-likeness (QED) is 0.359. The van der Waals surface area contributed by atoms with Crippen LogP contribution in [0.15, 0.2) is 5.10 Å². The number of carbonyl (C=O) groups excluding carboxylic acids is 1. The normalized spacial score (nSPS) is 11.2. The number of hydrogen-bond donors (Lipinski definition) is 0. The Kier molecular flexibility index (Phi) is 5.08. The summed E-state index contributed by atoms with van der Waals surface area (Å²) in [5, 5.41) is 5.71. The molecule has 0 saturated heterocycles. The van der Waals surface area contributed by atoms with Gasteiger partial charge in [-0.1, -0.05) is 0 Å². The molecule has 0 spiro atoms. The maximum atomic E-state index is 10.9. The van der Waals surface area contributed by atoms with E-state index >= 15 is 0 Å². The Bertz CT molecular complexity index is 176. The van der Waals surface area contributed by atoms with Crippen LogP contribution in [0.3, 0.4) is 0 Å². The van der Waals surface area contributed by atoms with Gasteiger partial charge in [0, 0.05) is 19.8 Å². The topological polar surface area (TPSA) is 41.9 Å². The fraction of sp³-hybridized carbons (Fsp3) is 0.750. The number of nitrogens with zero attached hydrogens (tertiary/aromatic N) is 2. The summed E-state index contributed by atoms with van der Waals surface area (Å²) in [4.78, 5) is 10.9. The van der Waals surface area contributed by atoms with Gasteiger partial charge in [0.25, 0.3) is 0 Å². The van der Waals surface area contributed by atoms with Crippen LogP contribution in [0.2, 0.25) is 0 Å². The Morgan fingerprint density at radius 2 is 2.08 bits per heavy atom. The van der Waals surface area contributed by atoms with E-state index in [4.69, 9.17) is 4.74 Å². The van der Waals surface area contributed by atoms with Crippen LogP contribution in [0.5, 0.6) is 0 Å². The number of esters is 1. The summed E-state index contributed by atoms with van der Waals surface area (Å²) >= 11 is 0. The summed E-state index contributed by atoms with van der Waals surface area (Å²) < 4.78 is 4.76. The Labute approximate surface area is 73.2 Å². The lowest BCUT2D eigenvalue weighted by Crippen LogP contribution is -2.12. The standard InChI is InChI=1S/C8H16N2O2/c1-5-12-8(11)6-7(2)9-10(3)4/h5-6H2,1-4H3/b9-7+. The van der Waals surface area contributed by atoms with Gasteiger partial charge in [-0.25, -0.2) is 0 Å². The van der Waals surface area contributed by atoms with Gasteiger partial charge in [0.05, 0.1) is 13.0 Å². The summed E-state index contributed by atoms with van der Waals surface area (Å²) in [7, 11) is 3.63. The van der Waals surface area contributed by atoms with Crippen LogP contribution in [0.25, 0.3) is 0 Å². The highest BCUT2D eigenvalue weighted by Gasteiger charge is 2.03. The molecule has 0 fully saturated rings. The zero-order chi connectivity index (χ0) is 9.56. The number of hydrogen-bond acceptors (Lipinski definition) is 4. The molecule has 0 atom stereocenters. The summed E-state index contributed by atoms with van der Waals surface area (Å²) in [5.74, 6) is -0.222. The van der Waals surface area contributed by atoms with Crippen molar-refractivity contribution in [3.8, 4) is 0 Å². The zero-order valence-corrected chi connectivity index (χ0v) is 8.13. The third-order valence-corrected chi connectivity index (χ3v) is 1.08. The van der Waals surface area contributed by atoms with Crippen LogP contribution in [0, 0.1) is 0 Å². The van der Waals surface area contributed by atoms with Gasteiger partial charge in [-0.3, -0.25) is 4.79 Å². The monoisotopic (exact) mass is 172 g/mol. The van der Waals surface area contributed by atoms with Crippen molar-refractivity contribution in [2.45, 2.75) is 20.3 Å². The minimum Gasteiger partial charge on any atom is -0.466 e. The Balaban J connectivity index is 3.83. The van der Waals surface area contributed by atoms with Gasteiger partial charge in [0.1, 0.15) is 0 Å². The lowest BCUT2D eigenvalue weighted by atomic mass is 10.3. The van der Waals surface area contributed by atoms with Gasteiger partial charge in [-0.2, -0.15) is 5.10 Å². The van der Waals surface area contributed by atoms with Crippen molar-refractivity contribution in [1.82, 2.24) is 5.01 Å².